The maximum absolute atomic E-state index is 6.76. The number of fused-ring (bicyclic) bond motifs is 4. The molecule has 2 aromatic heterocycles. The van der Waals surface area contributed by atoms with Gasteiger partial charge in [0.2, 0.25) is 0 Å². The molecular formula is C53H36N2O. The summed E-state index contributed by atoms with van der Waals surface area (Å²) in [6.45, 7) is 6.85. The molecule has 0 fully saturated rings. The topological polar surface area (TPSA) is 38.9 Å². The molecule has 3 nitrogen and oxygen atoms in total. The second-order valence-corrected chi connectivity index (χ2v) is 14.3. The molecule has 0 N–H and O–H groups in total. The molecule has 0 bridgehead atoms. The average molecular weight is 717 g/mol. The van der Waals surface area contributed by atoms with Crippen molar-refractivity contribution in [2.45, 2.75) is 6.92 Å². The van der Waals surface area contributed by atoms with Gasteiger partial charge < -0.3 is 4.42 Å². The summed E-state index contributed by atoms with van der Waals surface area (Å²) in [6, 6.07) is 65.6. The molecule has 264 valence electrons. The molecule has 0 spiro atoms. The lowest BCUT2D eigenvalue weighted by atomic mass is 9.88. The van der Waals surface area contributed by atoms with Crippen molar-refractivity contribution >= 4 is 38.4 Å². The molecule has 10 aromatic rings. The summed E-state index contributed by atoms with van der Waals surface area (Å²) < 4.78 is 6.76. The monoisotopic (exact) mass is 716 g/mol. The fraction of sp³-hybridized carbons (Fsp3) is 0.0189. The molecule has 0 radical (unpaired) electrons. The summed E-state index contributed by atoms with van der Waals surface area (Å²) >= 11 is 0. The maximum atomic E-state index is 6.76. The lowest BCUT2D eigenvalue weighted by Crippen LogP contribution is -1.95. The fourth-order valence-corrected chi connectivity index (χ4v) is 7.95. The van der Waals surface area contributed by atoms with E-state index in [1.807, 2.05) is 18.2 Å². The van der Waals surface area contributed by atoms with Crippen LogP contribution in [0.15, 0.2) is 199 Å². The molecule has 56 heavy (non-hydrogen) atoms. The number of nitrogens with zero attached hydrogens (tertiary/aromatic N) is 2. The largest absolute Gasteiger partial charge is 0.455 e. The number of hydrogen-bond acceptors (Lipinski definition) is 3. The van der Waals surface area contributed by atoms with Crippen LogP contribution in [-0.4, -0.2) is 9.97 Å². The van der Waals surface area contributed by atoms with Gasteiger partial charge >= 0.3 is 0 Å². The molecule has 0 atom stereocenters. The SMILES string of the molecule is C=C(c1ccccc1-c1ccc(-c2ccccc2)cc1C)c1cccc2c1oc1cc(-c3nc(-c4ccc(-c5ccccc5)cc4)c4ccccc4n3)ccc12. The van der Waals surface area contributed by atoms with Gasteiger partial charge in [0, 0.05) is 32.8 Å². The average Bonchev–Trinajstić information content (AvgIpc) is 3.65. The standard InChI is InChI=1S/C53H36N2O/c1-34-32-40(37-16-7-4-8-17-37)28-30-42(34)45-19-10-9-18-43(45)35(2)44-21-13-22-47-46-31-29-41(33-50(46)56-52(44)47)53-54-49-23-12-11-20-48(49)51(55-53)39-26-24-38(25-27-39)36-14-5-3-6-15-36/h3-33H,2H2,1H3. The zero-order valence-electron chi connectivity index (χ0n) is 30.9. The summed E-state index contributed by atoms with van der Waals surface area (Å²) in [5, 5.41) is 3.10. The summed E-state index contributed by atoms with van der Waals surface area (Å²) in [7, 11) is 0. The van der Waals surface area contributed by atoms with Crippen molar-refractivity contribution in [3.05, 3.63) is 211 Å². The third-order valence-corrected chi connectivity index (χ3v) is 10.8. The van der Waals surface area contributed by atoms with Gasteiger partial charge in [0.25, 0.3) is 0 Å². The van der Waals surface area contributed by atoms with E-state index in [0.717, 1.165) is 71.9 Å². The van der Waals surface area contributed by atoms with Crippen molar-refractivity contribution in [1.82, 2.24) is 9.97 Å². The molecule has 0 saturated heterocycles. The van der Waals surface area contributed by atoms with Gasteiger partial charge in [-0.1, -0.05) is 176 Å². The molecule has 0 amide bonds. The first-order chi connectivity index (χ1) is 27.6. The molecule has 2 heterocycles. The fourth-order valence-electron chi connectivity index (χ4n) is 7.95. The summed E-state index contributed by atoms with van der Waals surface area (Å²) in [6.07, 6.45) is 0. The second kappa shape index (κ2) is 13.8. The Hall–Kier alpha value is -7.36. The minimum absolute atomic E-state index is 0.653. The Balaban J connectivity index is 1.03. The smallest absolute Gasteiger partial charge is 0.160 e. The molecule has 10 rings (SSSR count). The van der Waals surface area contributed by atoms with Crippen molar-refractivity contribution in [3.63, 3.8) is 0 Å². The van der Waals surface area contributed by atoms with Gasteiger partial charge in [-0.3, -0.25) is 0 Å². The van der Waals surface area contributed by atoms with Gasteiger partial charge in [-0.25, -0.2) is 9.97 Å². The molecule has 0 aliphatic carbocycles. The molecule has 0 aliphatic heterocycles. The van der Waals surface area contributed by atoms with Crippen LogP contribution in [0, 0.1) is 6.92 Å². The summed E-state index contributed by atoms with van der Waals surface area (Å²) in [5.74, 6) is 0.653. The Morgan fingerprint density at radius 1 is 0.446 bits per heavy atom. The van der Waals surface area contributed by atoms with Crippen LogP contribution in [-0.2, 0) is 0 Å². The van der Waals surface area contributed by atoms with Gasteiger partial charge in [-0.15, -0.1) is 0 Å². The zero-order valence-corrected chi connectivity index (χ0v) is 30.9. The normalized spacial score (nSPS) is 11.4. The van der Waals surface area contributed by atoms with Crippen molar-refractivity contribution in [3.8, 4) is 56.0 Å². The highest BCUT2D eigenvalue weighted by Gasteiger charge is 2.19. The number of benzene rings is 8. The minimum atomic E-state index is 0.653. The van der Waals surface area contributed by atoms with Crippen LogP contribution < -0.4 is 0 Å². The van der Waals surface area contributed by atoms with E-state index in [1.54, 1.807) is 0 Å². The molecule has 0 aliphatic rings. The number of rotatable bonds is 7. The Morgan fingerprint density at radius 2 is 1.05 bits per heavy atom. The van der Waals surface area contributed by atoms with E-state index in [9.17, 15) is 0 Å². The van der Waals surface area contributed by atoms with Crippen LogP contribution >= 0.6 is 0 Å². The predicted molar refractivity (Wildman–Crippen MR) is 233 cm³/mol. The van der Waals surface area contributed by atoms with E-state index in [0.29, 0.717) is 5.82 Å². The van der Waals surface area contributed by atoms with Crippen LogP contribution in [0.3, 0.4) is 0 Å². The van der Waals surface area contributed by atoms with Crippen molar-refractivity contribution in [2.75, 3.05) is 0 Å². The molecule has 0 unspecified atom stereocenters. The van der Waals surface area contributed by atoms with Gasteiger partial charge in [-0.2, -0.15) is 0 Å². The lowest BCUT2D eigenvalue weighted by Gasteiger charge is -2.16. The lowest BCUT2D eigenvalue weighted by molar-refractivity contribution is 0.668. The zero-order chi connectivity index (χ0) is 37.6. The Bertz CT molecular complexity index is 3090. The van der Waals surface area contributed by atoms with E-state index >= 15 is 0 Å². The van der Waals surface area contributed by atoms with Crippen molar-refractivity contribution < 1.29 is 4.42 Å². The van der Waals surface area contributed by atoms with Gasteiger partial charge in [-0.05, 0) is 75.2 Å². The van der Waals surface area contributed by atoms with Crippen LogP contribution in [0.2, 0.25) is 0 Å². The van der Waals surface area contributed by atoms with E-state index in [2.05, 4.69) is 183 Å². The van der Waals surface area contributed by atoms with E-state index in [4.69, 9.17) is 14.4 Å². The minimum Gasteiger partial charge on any atom is -0.455 e. The van der Waals surface area contributed by atoms with Crippen LogP contribution in [0.4, 0.5) is 0 Å². The highest BCUT2D eigenvalue weighted by atomic mass is 16.3. The number of aromatic nitrogens is 2. The molecule has 3 heteroatoms. The van der Waals surface area contributed by atoms with E-state index in [-0.39, 0.29) is 0 Å². The van der Waals surface area contributed by atoms with Gasteiger partial charge in [0.15, 0.2) is 5.82 Å². The summed E-state index contributed by atoms with van der Waals surface area (Å²) in [5.41, 5.74) is 16.6. The Morgan fingerprint density at radius 3 is 1.84 bits per heavy atom. The Kier molecular flexibility index (Phi) is 8.19. The maximum Gasteiger partial charge on any atom is 0.160 e. The van der Waals surface area contributed by atoms with Crippen LogP contribution in [0.1, 0.15) is 16.7 Å². The Labute approximate surface area is 325 Å². The highest BCUT2D eigenvalue weighted by molar-refractivity contribution is 6.10. The predicted octanol–water partition coefficient (Wildman–Crippen LogP) is 14.2. The molecule has 8 aromatic carbocycles. The van der Waals surface area contributed by atoms with Crippen molar-refractivity contribution in [1.29, 1.82) is 0 Å². The second-order valence-electron chi connectivity index (χ2n) is 14.3. The quantitative estimate of drug-likeness (QED) is 0.165. The van der Waals surface area contributed by atoms with Gasteiger partial charge in [0.05, 0.1) is 11.2 Å². The number of aryl methyl sites for hydroxylation is 1. The first-order valence-corrected chi connectivity index (χ1v) is 18.9. The first kappa shape index (κ1) is 33.2. The third-order valence-electron chi connectivity index (χ3n) is 10.8. The van der Waals surface area contributed by atoms with Gasteiger partial charge in [0.1, 0.15) is 11.2 Å². The highest BCUT2D eigenvalue weighted by Crippen LogP contribution is 2.40. The van der Waals surface area contributed by atoms with E-state index < -0.39 is 0 Å². The van der Waals surface area contributed by atoms with E-state index in [1.165, 1.54) is 33.4 Å². The first-order valence-electron chi connectivity index (χ1n) is 18.9. The summed E-state index contributed by atoms with van der Waals surface area (Å²) in [4.78, 5) is 10.2. The van der Waals surface area contributed by atoms with Crippen LogP contribution in [0.5, 0.6) is 0 Å². The molecular weight excluding hydrogens is 681 g/mol. The number of furan rings is 1. The van der Waals surface area contributed by atoms with Crippen molar-refractivity contribution in [2.24, 2.45) is 0 Å². The number of para-hydroxylation sites is 2. The number of hydrogen-bond donors (Lipinski definition) is 0. The third kappa shape index (κ3) is 5.87. The van der Waals surface area contributed by atoms with Crippen LogP contribution in [0.25, 0.3) is 94.4 Å². The molecule has 0 saturated carbocycles.